The van der Waals surface area contributed by atoms with E-state index in [1.165, 1.54) is 17.5 Å². The molecule has 1 rings (SSSR count). The van der Waals surface area contributed by atoms with E-state index < -0.39 is 0 Å². The zero-order valence-electron chi connectivity index (χ0n) is 10.3. The third-order valence-electron chi connectivity index (χ3n) is 2.85. The molecule has 1 aromatic rings. The van der Waals surface area contributed by atoms with E-state index in [1.807, 2.05) is 0 Å². The summed E-state index contributed by atoms with van der Waals surface area (Å²) in [5.74, 6) is 0.671. The van der Waals surface area contributed by atoms with Crippen LogP contribution in [0.2, 0.25) is 0 Å². The normalized spacial score (nSPS) is 12.9. The predicted molar refractivity (Wildman–Crippen MR) is 72.0 cm³/mol. The highest BCUT2D eigenvalue weighted by Gasteiger charge is 1.98. The van der Waals surface area contributed by atoms with Crippen molar-refractivity contribution in [3.8, 4) is 0 Å². The Labute approximate surface area is 98.9 Å². The summed E-state index contributed by atoms with van der Waals surface area (Å²) in [6, 6.07) is 8.43. The molecular formula is C15H21N. The quantitative estimate of drug-likeness (QED) is 0.502. The monoisotopic (exact) mass is 215 g/mol. The summed E-state index contributed by atoms with van der Waals surface area (Å²) in [7, 11) is 0. The van der Waals surface area contributed by atoms with Crippen molar-refractivity contribution in [2.75, 3.05) is 0 Å². The highest BCUT2D eigenvalue weighted by Crippen LogP contribution is 2.12. The van der Waals surface area contributed by atoms with Gasteiger partial charge >= 0.3 is 0 Å². The summed E-state index contributed by atoms with van der Waals surface area (Å²) in [6.07, 6.45) is 6.75. The van der Waals surface area contributed by atoms with Crippen molar-refractivity contribution in [2.24, 2.45) is 10.9 Å². The molecule has 0 aromatic heterocycles. The van der Waals surface area contributed by atoms with Crippen LogP contribution in [0, 0.1) is 5.92 Å². The van der Waals surface area contributed by atoms with Gasteiger partial charge in [0, 0.05) is 0 Å². The van der Waals surface area contributed by atoms with Gasteiger partial charge in [0.2, 0.25) is 0 Å². The van der Waals surface area contributed by atoms with E-state index in [-0.39, 0.29) is 0 Å². The molecule has 0 amide bonds. The second-order valence-electron chi connectivity index (χ2n) is 4.17. The first-order chi connectivity index (χ1) is 7.77. The molecule has 1 heteroatoms. The van der Waals surface area contributed by atoms with Crippen molar-refractivity contribution in [3.63, 3.8) is 0 Å². The average Bonchev–Trinajstić information content (AvgIpc) is 2.31. The van der Waals surface area contributed by atoms with Crippen LogP contribution in [0.4, 0.5) is 0 Å². The Morgan fingerprint density at radius 1 is 1.31 bits per heavy atom. The first-order valence-corrected chi connectivity index (χ1v) is 5.93. The van der Waals surface area contributed by atoms with Gasteiger partial charge in [-0.1, -0.05) is 56.7 Å². The van der Waals surface area contributed by atoms with Crippen LogP contribution in [-0.2, 0) is 13.0 Å². The molecule has 1 unspecified atom stereocenters. The average molecular weight is 215 g/mol. The first-order valence-electron chi connectivity index (χ1n) is 5.93. The van der Waals surface area contributed by atoms with E-state index in [4.69, 9.17) is 0 Å². The fourth-order valence-corrected chi connectivity index (χ4v) is 1.59. The zero-order valence-corrected chi connectivity index (χ0v) is 10.3. The van der Waals surface area contributed by atoms with Gasteiger partial charge in [0.25, 0.3) is 0 Å². The molecule has 0 fully saturated rings. The van der Waals surface area contributed by atoms with Crippen molar-refractivity contribution in [2.45, 2.75) is 33.2 Å². The van der Waals surface area contributed by atoms with Gasteiger partial charge in [-0.25, -0.2) is 0 Å². The second kappa shape index (κ2) is 7.00. The molecular weight excluding hydrogens is 194 g/mol. The molecule has 0 aliphatic rings. The fourth-order valence-electron chi connectivity index (χ4n) is 1.59. The molecule has 1 nitrogen and oxygen atoms in total. The number of rotatable bonds is 6. The second-order valence-corrected chi connectivity index (χ2v) is 4.17. The third-order valence-corrected chi connectivity index (χ3v) is 2.85. The minimum absolute atomic E-state index is 0.671. The summed E-state index contributed by atoms with van der Waals surface area (Å²) in [5, 5.41) is 0. The van der Waals surface area contributed by atoms with Crippen molar-refractivity contribution in [3.05, 3.63) is 47.5 Å². The molecule has 16 heavy (non-hydrogen) atoms. The first kappa shape index (κ1) is 12.7. The largest absolute Gasteiger partial charge is 0.296 e. The molecule has 0 spiro atoms. The van der Waals surface area contributed by atoms with Gasteiger partial charge < -0.3 is 0 Å². The lowest BCUT2D eigenvalue weighted by Gasteiger charge is -2.05. The van der Waals surface area contributed by atoms with Crippen LogP contribution >= 0.6 is 0 Å². The lowest BCUT2D eigenvalue weighted by molar-refractivity contribution is 0.696. The zero-order chi connectivity index (χ0) is 11.8. The van der Waals surface area contributed by atoms with Crippen molar-refractivity contribution in [1.29, 1.82) is 0 Å². The molecule has 0 saturated heterocycles. The van der Waals surface area contributed by atoms with Crippen molar-refractivity contribution < 1.29 is 0 Å². The number of aliphatic imine (C=N–C) groups is 1. The lowest BCUT2D eigenvalue weighted by Crippen LogP contribution is -1.92. The van der Waals surface area contributed by atoms with E-state index in [1.54, 1.807) is 0 Å². The van der Waals surface area contributed by atoms with E-state index in [2.05, 4.69) is 62.0 Å². The Hall–Kier alpha value is -1.37. The molecule has 86 valence electrons. The van der Waals surface area contributed by atoms with Crippen LogP contribution in [0.1, 0.15) is 31.4 Å². The molecule has 0 saturated carbocycles. The summed E-state index contributed by atoms with van der Waals surface area (Å²) < 4.78 is 0. The van der Waals surface area contributed by atoms with Gasteiger partial charge in [-0.05, 0) is 30.2 Å². The van der Waals surface area contributed by atoms with E-state index in [9.17, 15) is 0 Å². The van der Waals surface area contributed by atoms with Crippen LogP contribution in [0.3, 0.4) is 0 Å². The Balaban J connectivity index is 2.65. The van der Waals surface area contributed by atoms with E-state index >= 15 is 0 Å². The minimum atomic E-state index is 0.671. The molecule has 0 bridgehead atoms. The molecule has 0 N–H and O–H groups in total. The van der Waals surface area contributed by atoms with Gasteiger partial charge in [-0.15, -0.1) is 0 Å². The third kappa shape index (κ3) is 4.01. The summed E-state index contributed by atoms with van der Waals surface area (Å²) in [5.41, 5.74) is 2.64. The number of nitrogens with zero attached hydrogens (tertiary/aromatic N) is 1. The van der Waals surface area contributed by atoms with Crippen LogP contribution < -0.4 is 0 Å². The standard InChI is InChI=1S/C15H21N/c1-4-13(2)8-7-11-14-9-5-6-10-15(14)12-16-3/h5-10,13H,3-4,11-12H2,1-2H3/b8-7-. The maximum Gasteiger partial charge on any atom is 0.0635 e. The predicted octanol–water partition coefficient (Wildman–Crippen LogP) is 4.03. The van der Waals surface area contributed by atoms with Crippen LogP contribution in [0.25, 0.3) is 0 Å². The SMILES string of the molecule is C=NCc1ccccc1C/C=C\C(C)CC. The number of allylic oxidation sites excluding steroid dienone is 2. The minimum Gasteiger partial charge on any atom is -0.296 e. The Morgan fingerprint density at radius 3 is 2.62 bits per heavy atom. The van der Waals surface area contributed by atoms with Gasteiger partial charge in [0.05, 0.1) is 6.54 Å². The number of hydrogen-bond donors (Lipinski definition) is 0. The smallest absolute Gasteiger partial charge is 0.0635 e. The molecule has 0 aliphatic carbocycles. The summed E-state index contributed by atoms with van der Waals surface area (Å²) in [6.45, 7) is 8.72. The molecule has 1 atom stereocenters. The summed E-state index contributed by atoms with van der Waals surface area (Å²) >= 11 is 0. The van der Waals surface area contributed by atoms with Gasteiger partial charge in [-0.2, -0.15) is 0 Å². The molecule has 1 aromatic carbocycles. The van der Waals surface area contributed by atoms with Gasteiger partial charge in [0.1, 0.15) is 0 Å². The van der Waals surface area contributed by atoms with Crippen molar-refractivity contribution >= 4 is 6.72 Å². The Morgan fingerprint density at radius 2 is 2.00 bits per heavy atom. The maximum absolute atomic E-state index is 3.95. The topological polar surface area (TPSA) is 12.4 Å². The van der Waals surface area contributed by atoms with Crippen molar-refractivity contribution in [1.82, 2.24) is 0 Å². The van der Waals surface area contributed by atoms with E-state index in [0.717, 1.165) is 6.42 Å². The van der Waals surface area contributed by atoms with Crippen LogP contribution in [0.5, 0.6) is 0 Å². The fraction of sp³-hybridized carbons (Fsp3) is 0.400. The number of hydrogen-bond acceptors (Lipinski definition) is 1. The van der Waals surface area contributed by atoms with Crippen LogP contribution in [-0.4, -0.2) is 6.72 Å². The highest BCUT2D eigenvalue weighted by atomic mass is 14.7. The highest BCUT2D eigenvalue weighted by molar-refractivity contribution is 5.31. The lowest BCUT2D eigenvalue weighted by atomic mass is 10.0. The number of benzene rings is 1. The van der Waals surface area contributed by atoms with Gasteiger partial charge in [0.15, 0.2) is 0 Å². The maximum atomic E-state index is 3.95. The Bertz CT molecular complexity index is 352. The summed E-state index contributed by atoms with van der Waals surface area (Å²) in [4.78, 5) is 3.95. The van der Waals surface area contributed by atoms with Gasteiger partial charge in [-0.3, -0.25) is 4.99 Å². The Kier molecular flexibility index (Phi) is 5.55. The van der Waals surface area contributed by atoms with Crippen LogP contribution in [0.15, 0.2) is 41.4 Å². The molecule has 0 heterocycles. The molecule has 0 radical (unpaired) electrons. The van der Waals surface area contributed by atoms with E-state index in [0.29, 0.717) is 12.5 Å². The molecule has 0 aliphatic heterocycles.